The number of nitrogen functional groups attached to an aromatic ring is 1. The van der Waals surface area contributed by atoms with Gasteiger partial charge >= 0.3 is 0 Å². The quantitative estimate of drug-likeness (QED) is 0.794. The number of sulfonamides is 1. The summed E-state index contributed by atoms with van der Waals surface area (Å²) >= 11 is 0. The highest BCUT2D eigenvalue weighted by molar-refractivity contribution is 7.89. The first-order valence-electron chi connectivity index (χ1n) is 6.95. The summed E-state index contributed by atoms with van der Waals surface area (Å²) in [5, 5.41) is 0. The summed E-state index contributed by atoms with van der Waals surface area (Å²) in [5.41, 5.74) is 8.21. The predicted octanol–water partition coefficient (Wildman–Crippen LogP) is 2.77. The van der Waals surface area contributed by atoms with Crippen LogP contribution in [0.25, 0.3) is 0 Å². The molecule has 3 N–H and O–H groups in total. The van der Waals surface area contributed by atoms with Gasteiger partial charge in [0.05, 0.1) is 4.90 Å². The molecule has 22 heavy (non-hydrogen) atoms. The number of aryl methyl sites for hydroxylation is 1. The highest BCUT2D eigenvalue weighted by atomic mass is 35.5. The number of anilines is 1. The van der Waals surface area contributed by atoms with Crippen LogP contribution in [0.2, 0.25) is 0 Å². The van der Waals surface area contributed by atoms with E-state index in [4.69, 9.17) is 5.73 Å². The van der Waals surface area contributed by atoms with Gasteiger partial charge in [0, 0.05) is 12.2 Å². The van der Waals surface area contributed by atoms with Gasteiger partial charge in [0.25, 0.3) is 0 Å². The maximum Gasteiger partial charge on any atom is 0.240 e. The molecule has 4 nitrogen and oxygen atoms in total. The van der Waals surface area contributed by atoms with Crippen molar-refractivity contribution >= 4 is 28.1 Å². The number of benzene rings is 2. The number of hydrogen-bond donors (Lipinski definition) is 2. The van der Waals surface area contributed by atoms with Crippen LogP contribution in [0.5, 0.6) is 0 Å². The van der Waals surface area contributed by atoms with Crippen LogP contribution in [0, 0.1) is 0 Å². The van der Waals surface area contributed by atoms with Crippen molar-refractivity contribution in [2.45, 2.75) is 24.7 Å². The lowest BCUT2D eigenvalue weighted by atomic mass is 10.1. The number of halogens is 1. The van der Waals surface area contributed by atoms with E-state index in [1.165, 1.54) is 0 Å². The van der Waals surface area contributed by atoms with E-state index in [9.17, 15) is 8.42 Å². The van der Waals surface area contributed by atoms with Crippen LogP contribution in [0.1, 0.15) is 18.1 Å². The molecule has 2 aromatic carbocycles. The van der Waals surface area contributed by atoms with Gasteiger partial charge in [-0.3, -0.25) is 0 Å². The van der Waals surface area contributed by atoms with E-state index in [0.29, 0.717) is 30.0 Å². The fraction of sp³-hybridized carbons (Fsp3) is 0.250. The molecule has 0 heterocycles. The lowest BCUT2D eigenvalue weighted by Crippen LogP contribution is -2.26. The molecule has 2 aromatic rings. The van der Waals surface area contributed by atoms with Gasteiger partial charge < -0.3 is 5.73 Å². The number of rotatable bonds is 6. The Hall–Kier alpha value is -1.56. The standard InChI is InChI=1S/C16H20N2O2S.ClH/c1-2-14-5-3-4-6-16(14)21(19,20)18-12-11-13-7-9-15(17)10-8-13;/h3-10,18H,2,11-12,17H2,1H3;1H. The first-order valence-corrected chi connectivity index (χ1v) is 8.43. The van der Waals surface area contributed by atoms with Crippen molar-refractivity contribution in [1.82, 2.24) is 4.72 Å². The number of hydrogen-bond acceptors (Lipinski definition) is 3. The van der Waals surface area contributed by atoms with Crippen molar-refractivity contribution in [3.05, 3.63) is 59.7 Å². The van der Waals surface area contributed by atoms with Gasteiger partial charge in [-0.15, -0.1) is 12.4 Å². The molecule has 0 fully saturated rings. The average Bonchev–Trinajstić information content (AvgIpc) is 2.49. The van der Waals surface area contributed by atoms with Crippen molar-refractivity contribution < 1.29 is 8.42 Å². The van der Waals surface area contributed by atoms with Crippen LogP contribution in [0.15, 0.2) is 53.4 Å². The molecule has 0 aliphatic rings. The smallest absolute Gasteiger partial charge is 0.240 e. The first-order chi connectivity index (χ1) is 10.0. The third-order valence-corrected chi connectivity index (χ3v) is 4.89. The van der Waals surface area contributed by atoms with E-state index in [1.54, 1.807) is 12.1 Å². The van der Waals surface area contributed by atoms with E-state index < -0.39 is 10.0 Å². The van der Waals surface area contributed by atoms with E-state index in [1.807, 2.05) is 43.3 Å². The van der Waals surface area contributed by atoms with Gasteiger partial charge in [0.2, 0.25) is 10.0 Å². The monoisotopic (exact) mass is 340 g/mol. The molecular weight excluding hydrogens is 320 g/mol. The second-order valence-electron chi connectivity index (χ2n) is 4.85. The van der Waals surface area contributed by atoms with Crippen molar-refractivity contribution in [2.75, 3.05) is 12.3 Å². The van der Waals surface area contributed by atoms with Crippen molar-refractivity contribution in [1.29, 1.82) is 0 Å². The maximum atomic E-state index is 12.3. The van der Waals surface area contributed by atoms with E-state index in [0.717, 1.165) is 11.1 Å². The number of nitrogens with two attached hydrogens (primary N) is 1. The molecule has 0 atom stereocenters. The Bertz CT molecular complexity index is 700. The normalized spacial score (nSPS) is 11.0. The predicted molar refractivity (Wildman–Crippen MR) is 92.8 cm³/mol. The fourth-order valence-electron chi connectivity index (χ4n) is 2.15. The summed E-state index contributed by atoms with van der Waals surface area (Å²) in [6.07, 6.45) is 1.32. The zero-order chi connectivity index (χ0) is 15.3. The molecule has 120 valence electrons. The lowest BCUT2D eigenvalue weighted by Gasteiger charge is -2.10. The van der Waals surface area contributed by atoms with E-state index in [-0.39, 0.29) is 12.4 Å². The molecule has 0 spiro atoms. The maximum absolute atomic E-state index is 12.3. The minimum atomic E-state index is -3.46. The Labute approximate surface area is 138 Å². The van der Waals surface area contributed by atoms with Crippen LogP contribution in [-0.4, -0.2) is 15.0 Å². The number of nitrogens with one attached hydrogen (secondary N) is 1. The Morgan fingerprint density at radius 3 is 2.32 bits per heavy atom. The first kappa shape index (κ1) is 18.5. The largest absolute Gasteiger partial charge is 0.399 e. The molecule has 0 saturated carbocycles. The summed E-state index contributed by atoms with van der Waals surface area (Å²) in [4.78, 5) is 0.366. The molecule has 2 rings (SSSR count). The molecule has 0 unspecified atom stereocenters. The molecule has 6 heteroatoms. The van der Waals surface area contributed by atoms with Crippen molar-refractivity contribution in [3.63, 3.8) is 0 Å². The minimum Gasteiger partial charge on any atom is -0.399 e. The van der Waals surface area contributed by atoms with Gasteiger partial charge in [-0.2, -0.15) is 0 Å². The van der Waals surface area contributed by atoms with Crippen LogP contribution in [0.4, 0.5) is 5.69 Å². The van der Waals surface area contributed by atoms with Crippen molar-refractivity contribution in [3.8, 4) is 0 Å². The summed E-state index contributed by atoms with van der Waals surface area (Å²) in [5.74, 6) is 0. The van der Waals surface area contributed by atoms with Gasteiger partial charge in [0.1, 0.15) is 0 Å². The van der Waals surface area contributed by atoms with Gasteiger partial charge in [-0.1, -0.05) is 37.3 Å². The zero-order valence-electron chi connectivity index (χ0n) is 12.5. The summed E-state index contributed by atoms with van der Waals surface area (Å²) < 4.78 is 27.3. The summed E-state index contributed by atoms with van der Waals surface area (Å²) in [7, 11) is -3.46. The fourth-order valence-corrected chi connectivity index (χ4v) is 3.49. The van der Waals surface area contributed by atoms with Crippen LogP contribution in [-0.2, 0) is 22.9 Å². The highest BCUT2D eigenvalue weighted by Crippen LogP contribution is 2.15. The molecule has 0 aliphatic heterocycles. The Morgan fingerprint density at radius 1 is 1.05 bits per heavy atom. The SMILES string of the molecule is CCc1ccccc1S(=O)(=O)NCCc1ccc(N)cc1.Cl. The van der Waals surface area contributed by atoms with Crippen LogP contribution in [0.3, 0.4) is 0 Å². The molecule has 0 amide bonds. The van der Waals surface area contributed by atoms with E-state index in [2.05, 4.69) is 4.72 Å². The highest BCUT2D eigenvalue weighted by Gasteiger charge is 2.16. The minimum absolute atomic E-state index is 0. The summed E-state index contributed by atoms with van der Waals surface area (Å²) in [6, 6.07) is 14.5. The van der Waals surface area contributed by atoms with Gasteiger partial charge in [-0.05, 0) is 42.2 Å². The molecule has 0 radical (unpaired) electrons. The Morgan fingerprint density at radius 2 is 1.68 bits per heavy atom. The van der Waals surface area contributed by atoms with Crippen molar-refractivity contribution in [2.24, 2.45) is 0 Å². The summed E-state index contributed by atoms with van der Waals surface area (Å²) in [6.45, 7) is 2.31. The van der Waals surface area contributed by atoms with Crippen LogP contribution >= 0.6 is 12.4 Å². The van der Waals surface area contributed by atoms with Gasteiger partial charge in [-0.25, -0.2) is 13.1 Å². The second kappa shape index (κ2) is 8.17. The molecule has 0 aromatic heterocycles. The zero-order valence-corrected chi connectivity index (χ0v) is 14.1. The third-order valence-electron chi connectivity index (χ3n) is 3.33. The lowest BCUT2D eigenvalue weighted by molar-refractivity contribution is 0.580. The van der Waals surface area contributed by atoms with Crippen LogP contribution < -0.4 is 10.5 Å². The topological polar surface area (TPSA) is 72.2 Å². The molecule has 0 saturated heterocycles. The second-order valence-corrected chi connectivity index (χ2v) is 6.59. The van der Waals surface area contributed by atoms with Gasteiger partial charge in [0.15, 0.2) is 0 Å². The average molecular weight is 341 g/mol. The Kier molecular flexibility index (Phi) is 6.87. The Balaban J connectivity index is 0.00000242. The third kappa shape index (κ3) is 4.73. The molecule has 0 bridgehead atoms. The molecule has 0 aliphatic carbocycles. The van der Waals surface area contributed by atoms with E-state index >= 15 is 0 Å². The molecular formula is C16H21ClN2O2S.